The Morgan fingerprint density at radius 3 is 2.85 bits per heavy atom. The van der Waals surface area contributed by atoms with E-state index in [-0.39, 0.29) is 0 Å². The SMILES string of the molecule is CC(C)c1nc(-c2cncc(Br)c2)nc2c1CNCC2. The summed E-state index contributed by atoms with van der Waals surface area (Å²) in [5.74, 6) is 1.17. The molecule has 20 heavy (non-hydrogen) atoms. The fourth-order valence-electron chi connectivity index (χ4n) is 2.51. The topological polar surface area (TPSA) is 50.7 Å². The second kappa shape index (κ2) is 5.58. The molecule has 1 aliphatic rings. The Morgan fingerprint density at radius 2 is 2.10 bits per heavy atom. The Balaban J connectivity index is 2.15. The van der Waals surface area contributed by atoms with Crippen LogP contribution < -0.4 is 5.32 Å². The Hall–Kier alpha value is -1.33. The number of hydrogen-bond acceptors (Lipinski definition) is 4. The fourth-order valence-corrected chi connectivity index (χ4v) is 2.87. The van der Waals surface area contributed by atoms with Crippen LogP contribution in [0.1, 0.15) is 36.7 Å². The third-order valence-electron chi connectivity index (χ3n) is 3.48. The van der Waals surface area contributed by atoms with Crippen molar-refractivity contribution in [3.8, 4) is 11.4 Å². The summed E-state index contributed by atoms with van der Waals surface area (Å²) >= 11 is 3.45. The van der Waals surface area contributed by atoms with Crippen molar-refractivity contribution in [2.45, 2.75) is 32.7 Å². The first kappa shape index (κ1) is 13.6. The summed E-state index contributed by atoms with van der Waals surface area (Å²) < 4.78 is 0.948. The minimum Gasteiger partial charge on any atom is -0.312 e. The van der Waals surface area contributed by atoms with Crippen molar-refractivity contribution in [2.24, 2.45) is 0 Å². The van der Waals surface area contributed by atoms with Crippen molar-refractivity contribution >= 4 is 15.9 Å². The molecular formula is C15H17BrN4. The van der Waals surface area contributed by atoms with Crippen LogP contribution in [0.4, 0.5) is 0 Å². The third kappa shape index (κ3) is 2.60. The Kier molecular flexibility index (Phi) is 3.81. The summed E-state index contributed by atoms with van der Waals surface area (Å²) in [7, 11) is 0. The molecule has 1 aliphatic heterocycles. The quantitative estimate of drug-likeness (QED) is 0.918. The lowest BCUT2D eigenvalue weighted by Gasteiger charge is -2.21. The first-order valence-electron chi connectivity index (χ1n) is 6.86. The number of fused-ring (bicyclic) bond motifs is 1. The second-order valence-corrected chi connectivity index (χ2v) is 6.25. The van der Waals surface area contributed by atoms with Crippen LogP contribution in [-0.2, 0) is 13.0 Å². The number of nitrogens with one attached hydrogen (secondary N) is 1. The molecule has 3 heterocycles. The molecule has 2 aromatic heterocycles. The number of nitrogens with zero attached hydrogens (tertiary/aromatic N) is 3. The summed E-state index contributed by atoms with van der Waals surface area (Å²) in [6, 6.07) is 2.01. The summed E-state index contributed by atoms with van der Waals surface area (Å²) in [5.41, 5.74) is 4.56. The van der Waals surface area contributed by atoms with Gasteiger partial charge in [-0.1, -0.05) is 13.8 Å². The maximum atomic E-state index is 4.78. The van der Waals surface area contributed by atoms with Gasteiger partial charge in [-0.2, -0.15) is 0 Å². The maximum Gasteiger partial charge on any atom is 0.161 e. The molecular weight excluding hydrogens is 316 g/mol. The minimum atomic E-state index is 0.394. The van der Waals surface area contributed by atoms with Gasteiger partial charge in [0.15, 0.2) is 5.82 Å². The average Bonchev–Trinajstić information content (AvgIpc) is 2.46. The largest absolute Gasteiger partial charge is 0.312 e. The number of pyridine rings is 1. The van der Waals surface area contributed by atoms with Crippen LogP contribution in [0, 0.1) is 0 Å². The molecule has 5 heteroatoms. The Labute approximate surface area is 127 Å². The Morgan fingerprint density at radius 1 is 1.25 bits per heavy atom. The number of hydrogen-bond donors (Lipinski definition) is 1. The van der Waals surface area contributed by atoms with Gasteiger partial charge in [0.1, 0.15) is 0 Å². The number of halogens is 1. The highest BCUT2D eigenvalue weighted by atomic mass is 79.9. The maximum absolute atomic E-state index is 4.78. The first-order chi connectivity index (χ1) is 9.65. The molecule has 0 bridgehead atoms. The van der Waals surface area contributed by atoms with E-state index in [0.29, 0.717) is 5.92 Å². The molecule has 0 amide bonds. The molecule has 0 saturated carbocycles. The lowest BCUT2D eigenvalue weighted by Crippen LogP contribution is -2.27. The zero-order valence-electron chi connectivity index (χ0n) is 11.7. The van der Waals surface area contributed by atoms with Gasteiger partial charge in [0.25, 0.3) is 0 Å². The van der Waals surface area contributed by atoms with Crippen molar-refractivity contribution in [1.29, 1.82) is 0 Å². The molecule has 0 saturated heterocycles. The van der Waals surface area contributed by atoms with Gasteiger partial charge in [-0.05, 0) is 27.9 Å². The van der Waals surface area contributed by atoms with E-state index in [1.807, 2.05) is 12.3 Å². The van der Waals surface area contributed by atoms with Crippen molar-refractivity contribution in [3.63, 3.8) is 0 Å². The van der Waals surface area contributed by atoms with E-state index < -0.39 is 0 Å². The minimum absolute atomic E-state index is 0.394. The zero-order chi connectivity index (χ0) is 14.1. The van der Waals surface area contributed by atoms with Crippen molar-refractivity contribution in [1.82, 2.24) is 20.3 Å². The Bertz CT molecular complexity index is 640. The molecule has 0 fully saturated rings. The highest BCUT2D eigenvalue weighted by molar-refractivity contribution is 9.10. The standard InChI is InChI=1S/C15H17BrN4/c1-9(2)14-12-8-17-4-3-13(12)19-15(20-14)10-5-11(16)7-18-6-10/h5-7,9,17H,3-4,8H2,1-2H3. The molecule has 4 nitrogen and oxygen atoms in total. The molecule has 2 aromatic rings. The molecule has 0 radical (unpaired) electrons. The van der Waals surface area contributed by atoms with Crippen LogP contribution in [0.5, 0.6) is 0 Å². The molecule has 3 rings (SSSR count). The van der Waals surface area contributed by atoms with Gasteiger partial charge in [0, 0.05) is 47.5 Å². The monoisotopic (exact) mass is 332 g/mol. The predicted molar refractivity (Wildman–Crippen MR) is 82.5 cm³/mol. The smallest absolute Gasteiger partial charge is 0.161 e. The van der Waals surface area contributed by atoms with E-state index in [9.17, 15) is 0 Å². The van der Waals surface area contributed by atoms with E-state index in [4.69, 9.17) is 9.97 Å². The summed E-state index contributed by atoms with van der Waals surface area (Å²) in [6.07, 6.45) is 4.55. The second-order valence-electron chi connectivity index (χ2n) is 5.33. The predicted octanol–water partition coefficient (Wildman–Crippen LogP) is 3.07. The molecule has 0 aromatic carbocycles. The van der Waals surface area contributed by atoms with E-state index >= 15 is 0 Å². The van der Waals surface area contributed by atoms with Crippen LogP contribution in [0.2, 0.25) is 0 Å². The van der Waals surface area contributed by atoms with E-state index in [1.54, 1.807) is 6.20 Å². The zero-order valence-corrected chi connectivity index (χ0v) is 13.2. The van der Waals surface area contributed by atoms with Crippen LogP contribution in [0.25, 0.3) is 11.4 Å². The molecule has 0 atom stereocenters. The third-order valence-corrected chi connectivity index (χ3v) is 3.91. The van der Waals surface area contributed by atoms with Gasteiger partial charge in [0.05, 0.1) is 11.4 Å². The summed E-state index contributed by atoms with van der Waals surface area (Å²) in [4.78, 5) is 13.7. The highest BCUT2D eigenvalue weighted by Crippen LogP contribution is 2.26. The van der Waals surface area contributed by atoms with Gasteiger partial charge < -0.3 is 5.32 Å². The van der Waals surface area contributed by atoms with Gasteiger partial charge in [-0.3, -0.25) is 4.98 Å². The van der Waals surface area contributed by atoms with Crippen molar-refractivity contribution < 1.29 is 0 Å². The summed E-state index contributed by atoms with van der Waals surface area (Å²) in [6.45, 7) is 6.22. The van der Waals surface area contributed by atoms with Crippen molar-refractivity contribution in [3.05, 3.63) is 39.9 Å². The van der Waals surface area contributed by atoms with E-state index in [0.717, 1.165) is 41.1 Å². The van der Waals surface area contributed by atoms with Crippen molar-refractivity contribution in [2.75, 3.05) is 6.54 Å². The molecule has 0 aliphatic carbocycles. The number of rotatable bonds is 2. The van der Waals surface area contributed by atoms with Crippen LogP contribution in [0.15, 0.2) is 22.9 Å². The van der Waals surface area contributed by atoms with E-state index in [1.165, 1.54) is 11.3 Å². The molecule has 1 N–H and O–H groups in total. The van der Waals surface area contributed by atoms with Gasteiger partial charge in [-0.25, -0.2) is 9.97 Å². The van der Waals surface area contributed by atoms with Gasteiger partial charge in [-0.15, -0.1) is 0 Å². The summed E-state index contributed by atoms with van der Waals surface area (Å²) in [5, 5.41) is 3.40. The molecule has 0 unspecified atom stereocenters. The highest BCUT2D eigenvalue weighted by Gasteiger charge is 2.19. The first-order valence-corrected chi connectivity index (χ1v) is 7.66. The molecule has 0 spiro atoms. The normalized spacial score (nSPS) is 14.4. The average molecular weight is 333 g/mol. The fraction of sp³-hybridized carbons (Fsp3) is 0.400. The van der Waals surface area contributed by atoms with Crippen LogP contribution in [0.3, 0.4) is 0 Å². The molecule has 104 valence electrons. The van der Waals surface area contributed by atoms with Gasteiger partial charge in [0.2, 0.25) is 0 Å². The number of aromatic nitrogens is 3. The lowest BCUT2D eigenvalue weighted by atomic mass is 9.98. The lowest BCUT2D eigenvalue weighted by molar-refractivity contribution is 0.609. The van der Waals surface area contributed by atoms with E-state index in [2.05, 4.69) is 40.1 Å². The van der Waals surface area contributed by atoms with Gasteiger partial charge >= 0.3 is 0 Å². The van der Waals surface area contributed by atoms with Crippen LogP contribution in [-0.4, -0.2) is 21.5 Å². The van der Waals surface area contributed by atoms with Crippen LogP contribution >= 0.6 is 15.9 Å².